The second-order valence-electron chi connectivity index (χ2n) is 4.18. The van der Waals surface area contributed by atoms with E-state index in [1.165, 1.54) is 11.1 Å². The van der Waals surface area contributed by atoms with Crippen LogP contribution in [0.2, 0.25) is 0 Å². The number of rotatable bonds is 4. The molecule has 1 heterocycles. The van der Waals surface area contributed by atoms with E-state index in [4.69, 9.17) is 0 Å². The average Bonchev–Trinajstić information content (AvgIpc) is 2.94. The highest BCUT2D eigenvalue weighted by Gasteiger charge is 2.03. The van der Waals surface area contributed by atoms with Gasteiger partial charge in [0.1, 0.15) is 0 Å². The first kappa shape index (κ1) is 13.1. The summed E-state index contributed by atoms with van der Waals surface area (Å²) in [5.74, 6) is 0.789. The van der Waals surface area contributed by atoms with Crippen LogP contribution in [0.25, 0.3) is 0 Å². The van der Waals surface area contributed by atoms with E-state index in [-0.39, 0.29) is 0 Å². The van der Waals surface area contributed by atoms with E-state index in [2.05, 4.69) is 49.4 Å². The summed E-state index contributed by atoms with van der Waals surface area (Å²) in [6.07, 6.45) is 5.59. The molecular weight excluding hydrogens is 238 g/mol. The number of hydrogen-bond acceptors (Lipinski definition) is 2. The normalized spacial score (nSPS) is 11.4. The third-order valence-corrected chi connectivity index (χ3v) is 2.94. The van der Waals surface area contributed by atoms with Crippen molar-refractivity contribution in [2.45, 2.75) is 13.1 Å². The van der Waals surface area contributed by atoms with Crippen LogP contribution in [0, 0.1) is 0 Å². The molecule has 1 aromatic carbocycles. The van der Waals surface area contributed by atoms with Crippen LogP contribution in [-0.4, -0.2) is 29.6 Å². The van der Waals surface area contributed by atoms with Crippen molar-refractivity contribution in [2.24, 2.45) is 4.99 Å². The van der Waals surface area contributed by atoms with Gasteiger partial charge in [0.05, 0.1) is 6.33 Å². The molecule has 0 atom stereocenters. The van der Waals surface area contributed by atoms with E-state index in [1.807, 2.05) is 19.6 Å². The summed E-state index contributed by atoms with van der Waals surface area (Å²) >= 11 is 0. The van der Waals surface area contributed by atoms with Crippen molar-refractivity contribution in [1.82, 2.24) is 20.2 Å². The predicted molar refractivity (Wildman–Crippen MR) is 77.0 cm³/mol. The highest BCUT2D eigenvalue weighted by atomic mass is 15.1. The molecule has 19 heavy (non-hydrogen) atoms. The second kappa shape index (κ2) is 6.58. The number of benzene rings is 1. The molecule has 5 heteroatoms. The minimum absolute atomic E-state index is 0.748. The summed E-state index contributed by atoms with van der Waals surface area (Å²) in [4.78, 5) is 8.17. The van der Waals surface area contributed by atoms with Crippen molar-refractivity contribution in [1.29, 1.82) is 0 Å². The molecule has 0 bridgehead atoms. The van der Waals surface area contributed by atoms with Crippen LogP contribution in [0.5, 0.6) is 0 Å². The van der Waals surface area contributed by atoms with Gasteiger partial charge in [0.15, 0.2) is 5.96 Å². The van der Waals surface area contributed by atoms with Crippen molar-refractivity contribution >= 4 is 5.96 Å². The lowest BCUT2D eigenvalue weighted by atomic mass is 10.1. The first-order chi connectivity index (χ1) is 9.33. The summed E-state index contributed by atoms with van der Waals surface area (Å²) in [6, 6.07) is 8.38. The van der Waals surface area contributed by atoms with Gasteiger partial charge >= 0.3 is 0 Å². The van der Waals surface area contributed by atoms with Crippen LogP contribution in [0.4, 0.5) is 0 Å². The minimum atomic E-state index is 0.748. The Bertz CT molecular complexity index is 531. The lowest BCUT2D eigenvalue weighted by Gasteiger charge is -2.12. The quantitative estimate of drug-likeness (QED) is 0.640. The van der Waals surface area contributed by atoms with Gasteiger partial charge in [0.2, 0.25) is 0 Å². The van der Waals surface area contributed by atoms with E-state index in [0.717, 1.165) is 19.0 Å². The van der Waals surface area contributed by atoms with Crippen molar-refractivity contribution in [2.75, 3.05) is 14.1 Å². The zero-order valence-corrected chi connectivity index (χ0v) is 11.3. The molecule has 2 N–H and O–H groups in total. The molecule has 2 rings (SSSR count). The average molecular weight is 257 g/mol. The largest absolute Gasteiger partial charge is 0.359 e. The number of nitrogens with one attached hydrogen (secondary N) is 2. The van der Waals surface area contributed by atoms with Gasteiger partial charge in [-0.05, 0) is 11.1 Å². The standard InChI is InChI=1S/C14H19N5/c1-15-14(16-2)18-9-12-5-3-4-6-13(12)10-19-8-7-17-11-19/h3-8,11H,9-10H2,1-2H3,(H2,15,16,18). The molecular formula is C14H19N5. The van der Waals surface area contributed by atoms with Crippen LogP contribution in [0.1, 0.15) is 11.1 Å². The van der Waals surface area contributed by atoms with Crippen molar-refractivity contribution in [3.63, 3.8) is 0 Å². The molecule has 0 amide bonds. The summed E-state index contributed by atoms with van der Waals surface area (Å²) in [5.41, 5.74) is 2.53. The smallest absolute Gasteiger partial charge is 0.190 e. The Kier molecular flexibility index (Phi) is 4.55. The molecule has 0 aliphatic heterocycles. The van der Waals surface area contributed by atoms with Gasteiger partial charge in [0.25, 0.3) is 0 Å². The Morgan fingerprint density at radius 3 is 2.74 bits per heavy atom. The van der Waals surface area contributed by atoms with Gasteiger partial charge in [-0.3, -0.25) is 4.99 Å². The first-order valence-electron chi connectivity index (χ1n) is 6.24. The van der Waals surface area contributed by atoms with Gasteiger partial charge in [-0.25, -0.2) is 4.98 Å². The molecule has 0 spiro atoms. The number of guanidine groups is 1. The lowest BCUT2D eigenvalue weighted by Crippen LogP contribution is -2.34. The molecule has 0 saturated carbocycles. The van der Waals surface area contributed by atoms with E-state index >= 15 is 0 Å². The molecule has 0 aliphatic rings. The van der Waals surface area contributed by atoms with Gasteiger partial charge < -0.3 is 15.2 Å². The number of hydrogen-bond donors (Lipinski definition) is 2. The predicted octanol–water partition coefficient (Wildman–Crippen LogP) is 1.23. The Hall–Kier alpha value is -2.30. The van der Waals surface area contributed by atoms with Gasteiger partial charge in [-0.1, -0.05) is 24.3 Å². The van der Waals surface area contributed by atoms with Crippen LogP contribution < -0.4 is 10.6 Å². The van der Waals surface area contributed by atoms with E-state index < -0.39 is 0 Å². The zero-order valence-electron chi connectivity index (χ0n) is 11.3. The molecule has 100 valence electrons. The molecule has 5 nitrogen and oxygen atoms in total. The Morgan fingerprint density at radius 2 is 2.11 bits per heavy atom. The van der Waals surface area contributed by atoms with Crippen LogP contribution in [0.3, 0.4) is 0 Å². The topological polar surface area (TPSA) is 54.2 Å². The van der Waals surface area contributed by atoms with E-state index in [0.29, 0.717) is 0 Å². The maximum absolute atomic E-state index is 4.11. The van der Waals surface area contributed by atoms with Gasteiger partial charge in [-0.2, -0.15) is 0 Å². The van der Waals surface area contributed by atoms with Crippen molar-refractivity contribution in [3.8, 4) is 0 Å². The van der Waals surface area contributed by atoms with Crippen molar-refractivity contribution < 1.29 is 0 Å². The summed E-state index contributed by atoms with van der Waals surface area (Å²) < 4.78 is 2.06. The highest BCUT2D eigenvalue weighted by Crippen LogP contribution is 2.10. The van der Waals surface area contributed by atoms with Gasteiger partial charge in [0, 0.05) is 39.6 Å². The van der Waals surface area contributed by atoms with Crippen LogP contribution in [-0.2, 0) is 13.1 Å². The fraction of sp³-hybridized carbons (Fsp3) is 0.286. The maximum Gasteiger partial charge on any atom is 0.190 e. The van der Waals surface area contributed by atoms with Crippen LogP contribution in [0.15, 0.2) is 48.0 Å². The number of nitrogens with zero attached hydrogens (tertiary/aromatic N) is 3. The Labute approximate surface area is 113 Å². The molecule has 1 aromatic heterocycles. The monoisotopic (exact) mass is 257 g/mol. The summed E-state index contributed by atoms with van der Waals surface area (Å²) in [5, 5.41) is 6.28. The summed E-state index contributed by atoms with van der Waals surface area (Å²) in [6.45, 7) is 1.58. The van der Waals surface area contributed by atoms with E-state index in [9.17, 15) is 0 Å². The molecule has 0 fully saturated rings. The molecule has 0 saturated heterocycles. The maximum atomic E-state index is 4.11. The molecule has 2 aromatic rings. The number of aliphatic imine (C=N–C) groups is 1. The Balaban J connectivity index is 2.08. The fourth-order valence-corrected chi connectivity index (χ4v) is 1.92. The Morgan fingerprint density at radius 1 is 1.32 bits per heavy atom. The fourth-order valence-electron chi connectivity index (χ4n) is 1.92. The zero-order chi connectivity index (χ0) is 13.5. The van der Waals surface area contributed by atoms with Crippen molar-refractivity contribution in [3.05, 3.63) is 54.1 Å². The minimum Gasteiger partial charge on any atom is -0.359 e. The first-order valence-corrected chi connectivity index (χ1v) is 6.24. The third-order valence-electron chi connectivity index (χ3n) is 2.94. The van der Waals surface area contributed by atoms with E-state index in [1.54, 1.807) is 13.2 Å². The third kappa shape index (κ3) is 3.58. The van der Waals surface area contributed by atoms with Crippen LogP contribution >= 0.6 is 0 Å². The number of imidazole rings is 1. The highest BCUT2D eigenvalue weighted by molar-refractivity contribution is 5.79. The lowest BCUT2D eigenvalue weighted by molar-refractivity contribution is 0.771. The molecule has 0 aliphatic carbocycles. The SMILES string of the molecule is CN=C(NC)NCc1ccccc1Cn1ccnc1. The summed E-state index contributed by atoms with van der Waals surface area (Å²) in [7, 11) is 3.61. The molecule has 0 unspecified atom stereocenters. The molecule has 0 radical (unpaired) electrons. The number of aromatic nitrogens is 2. The van der Waals surface area contributed by atoms with Gasteiger partial charge in [-0.15, -0.1) is 0 Å². The second-order valence-corrected chi connectivity index (χ2v) is 4.18.